The summed E-state index contributed by atoms with van der Waals surface area (Å²) in [5, 5.41) is 23.3. The summed E-state index contributed by atoms with van der Waals surface area (Å²) in [4.78, 5) is 12.5. The fourth-order valence-corrected chi connectivity index (χ4v) is 9.13. The number of hydrogen-bond acceptors (Lipinski definition) is 3. The van der Waals surface area contributed by atoms with Gasteiger partial charge in [0, 0.05) is 6.42 Å². The zero-order chi connectivity index (χ0) is 42.8. The summed E-state index contributed by atoms with van der Waals surface area (Å²) < 4.78 is 0. The summed E-state index contributed by atoms with van der Waals surface area (Å²) in [6, 6.07) is -0.530. The van der Waals surface area contributed by atoms with E-state index < -0.39 is 12.1 Å². The van der Waals surface area contributed by atoms with E-state index in [1.807, 2.05) is 0 Å². The van der Waals surface area contributed by atoms with E-state index in [1.54, 1.807) is 0 Å². The van der Waals surface area contributed by atoms with Gasteiger partial charge in [0.15, 0.2) is 0 Å². The van der Waals surface area contributed by atoms with Gasteiger partial charge in [-0.25, -0.2) is 0 Å². The van der Waals surface area contributed by atoms with Gasteiger partial charge in [-0.1, -0.05) is 309 Å². The second-order valence-corrected chi connectivity index (χ2v) is 19.4. The van der Waals surface area contributed by atoms with Gasteiger partial charge in [0.2, 0.25) is 5.91 Å². The smallest absolute Gasteiger partial charge is 0.220 e. The molecule has 4 heteroatoms. The lowest BCUT2D eigenvalue weighted by Crippen LogP contribution is -2.45. The molecule has 0 aliphatic heterocycles. The molecule has 0 aromatic heterocycles. The molecule has 0 fully saturated rings. The molecule has 1 amide bonds. The second-order valence-electron chi connectivity index (χ2n) is 19.4. The van der Waals surface area contributed by atoms with Crippen molar-refractivity contribution in [3.05, 3.63) is 0 Å². The molecule has 0 spiro atoms. The molecule has 0 rings (SSSR count). The highest BCUT2D eigenvalue weighted by Gasteiger charge is 2.20. The summed E-state index contributed by atoms with van der Waals surface area (Å²) in [5.74, 6) is -0.0225. The predicted molar refractivity (Wildman–Crippen MR) is 263 cm³/mol. The molecule has 354 valence electrons. The number of rotatable bonds is 52. The first-order chi connectivity index (χ1) is 29.2. The molecule has 0 bridgehead atoms. The molecule has 2 unspecified atom stereocenters. The lowest BCUT2D eigenvalue weighted by Gasteiger charge is -2.22. The molecule has 0 heterocycles. The Kier molecular flexibility index (Phi) is 51.2. The largest absolute Gasteiger partial charge is 0.394 e. The molecule has 0 aliphatic rings. The molecule has 2 atom stereocenters. The number of aliphatic hydroxyl groups excluding tert-OH is 2. The van der Waals surface area contributed by atoms with Crippen LogP contribution in [0.5, 0.6) is 0 Å². The van der Waals surface area contributed by atoms with E-state index in [0.717, 1.165) is 25.7 Å². The number of hydrogen-bond donors (Lipinski definition) is 3. The van der Waals surface area contributed by atoms with E-state index in [1.165, 1.54) is 276 Å². The van der Waals surface area contributed by atoms with Crippen molar-refractivity contribution in [2.45, 2.75) is 341 Å². The molecule has 0 radical (unpaired) electrons. The van der Waals surface area contributed by atoms with Crippen molar-refractivity contribution in [3.8, 4) is 0 Å². The van der Waals surface area contributed by atoms with Gasteiger partial charge in [-0.15, -0.1) is 0 Å². The maximum atomic E-state index is 12.5. The summed E-state index contributed by atoms with van der Waals surface area (Å²) in [6.07, 6.45) is 65.2. The van der Waals surface area contributed by atoms with Crippen LogP contribution in [0.15, 0.2) is 0 Å². The zero-order valence-electron chi connectivity index (χ0n) is 40.8. The van der Waals surface area contributed by atoms with E-state index in [0.29, 0.717) is 12.8 Å². The Morgan fingerprint density at radius 3 is 0.763 bits per heavy atom. The van der Waals surface area contributed by atoms with Gasteiger partial charge in [-0.05, 0) is 12.8 Å². The summed E-state index contributed by atoms with van der Waals surface area (Å²) in [6.45, 7) is 4.40. The molecule has 0 saturated heterocycles. The molecule has 0 aromatic carbocycles. The predicted octanol–water partition coefficient (Wildman–Crippen LogP) is 18.0. The standard InChI is InChI=1S/C55H111NO3/c1-3-5-7-9-11-13-15-17-19-21-22-23-24-25-26-27-28-29-30-31-32-33-35-37-39-41-43-45-47-49-51-55(59)56-53(52-57)54(58)50-48-46-44-42-40-38-36-34-20-18-16-14-12-10-8-6-4-2/h53-54,57-58H,3-52H2,1-2H3,(H,56,59). The van der Waals surface area contributed by atoms with E-state index >= 15 is 0 Å². The molecule has 3 N–H and O–H groups in total. The van der Waals surface area contributed by atoms with Crippen molar-refractivity contribution in [2.75, 3.05) is 6.61 Å². The van der Waals surface area contributed by atoms with Crippen LogP contribution in [0.2, 0.25) is 0 Å². The highest BCUT2D eigenvalue weighted by atomic mass is 16.3. The SMILES string of the molecule is CCCCCCCCCCCCCCCCCCCCCCCCCCCCCCCCC(=O)NC(CO)C(O)CCCCCCCCCCCCCCCCCCC. The summed E-state index contributed by atoms with van der Waals surface area (Å²) in [7, 11) is 0. The Morgan fingerprint density at radius 1 is 0.339 bits per heavy atom. The van der Waals surface area contributed by atoms with Crippen LogP contribution < -0.4 is 5.32 Å². The molecule has 4 nitrogen and oxygen atoms in total. The minimum absolute atomic E-state index is 0.0225. The maximum absolute atomic E-state index is 12.5. The maximum Gasteiger partial charge on any atom is 0.220 e. The molecular formula is C55H111NO3. The number of aliphatic hydroxyl groups is 2. The molecule has 0 aliphatic carbocycles. The summed E-state index contributed by atoms with van der Waals surface area (Å²) >= 11 is 0. The Labute approximate surface area is 372 Å². The van der Waals surface area contributed by atoms with E-state index in [4.69, 9.17) is 0 Å². The first-order valence-electron chi connectivity index (χ1n) is 27.7. The lowest BCUT2D eigenvalue weighted by molar-refractivity contribution is -0.123. The monoisotopic (exact) mass is 834 g/mol. The quantitative estimate of drug-likeness (QED) is 0.0535. The van der Waals surface area contributed by atoms with Gasteiger partial charge in [0.25, 0.3) is 0 Å². The Hall–Kier alpha value is -0.610. The van der Waals surface area contributed by atoms with Crippen molar-refractivity contribution in [1.82, 2.24) is 5.32 Å². The minimum Gasteiger partial charge on any atom is -0.394 e. The van der Waals surface area contributed by atoms with Crippen molar-refractivity contribution in [2.24, 2.45) is 0 Å². The normalized spacial score (nSPS) is 12.7. The topological polar surface area (TPSA) is 69.6 Å². The van der Waals surface area contributed by atoms with Gasteiger partial charge < -0.3 is 15.5 Å². The third-order valence-corrected chi connectivity index (χ3v) is 13.4. The number of unbranched alkanes of at least 4 members (excludes halogenated alkanes) is 45. The van der Waals surface area contributed by atoms with Crippen molar-refractivity contribution in [1.29, 1.82) is 0 Å². The average molecular weight is 834 g/mol. The van der Waals surface area contributed by atoms with Crippen LogP contribution in [0.4, 0.5) is 0 Å². The Morgan fingerprint density at radius 2 is 0.542 bits per heavy atom. The lowest BCUT2D eigenvalue weighted by atomic mass is 10.0. The van der Waals surface area contributed by atoms with Crippen molar-refractivity contribution < 1.29 is 15.0 Å². The van der Waals surface area contributed by atoms with E-state index in [9.17, 15) is 15.0 Å². The van der Waals surface area contributed by atoms with E-state index in [-0.39, 0.29) is 12.5 Å². The highest BCUT2D eigenvalue weighted by Crippen LogP contribution is 2.18. The number of nitrogens with one attached hydrogen (secondary N) is 1. The minimum atomic E-state index is -0.654. The Bertz CT molecular complexity index is 773. The first kappa shape index (κ1) is 58.4. The van der Waals surface area contributed by atoms with E-state index in [2.05, 4.69) is 19.2 Å². The van der Waals surface area contributed by atoms with Crippen LogP contribution in [0, 0.1) is 0 Å². The fraction of sp³-hybridized carbons (Fsp3) is 0.982. The van der Waals surface area contributed by atoms with Crippen LogP contribution in [0.25, 0.3) is 0 Å². The second kappa shape index (κ2) is 51.7. The van der Waals surface area contributed by atoms with Crippen LogP contribution in [-0.4, -0.2) is 34.9 Å². The number of carbonyl (C=O) groups is 1. The zero-order valence-corrected chi connectivity index (χ0v) is 40.8. The van der Waals surface area contributed by atoms with Gasteiger partial charge in [0.1, 0.15) is 0 Å². The summed E-state index contributed by atoms with van der Waals surface area (Å²) in [5.41, 5.74) is 0. The molecule has 0 saturated carbocycles. The van der Waals surface area contributed by atoms with Crippen molar-refractivity contribution >= 4 is 5.91 Å². The van der Waals surface area contributed by atoms with Crippen LogP contribution >= 0.6 is 0 Å². The molecule has 0 aromatic rings. The van der Waals surface area contributed by atoms with Gasteiger partial charge in [0.05, 0.1) is 18.8 Å². The molecule has 59 heavy (non-hydrogen) atoms. The van der Waals surface area contributed by atoms with Crippen LogP contribution in [-0.2, 0) is 4.79 Å². The first-order valence-corrected chi connectivity index (χ1v) is 27.7. The van der Waals surface area contributed by atoms with Gasteiger partial charge in [-0.3, -0.25) is 4.79 Å². The number of amides is 1. The number of carbonyl (C=O) groups excluding carboxylic acids is 1. The molecular weight excluding hydrogens is 723 g/mol. The third-order valence-electron chi connectivity index (χ3n) is 13.4. The fourth-order valence-electron chi connectivity index (χ4n) is 9.13. The highest BCUT2D eigenvalue weighted by molar-refractivity contribution is 5.76. The van der Waals surface area contributed by atoms with Crippen LogP contribution in [0.3, 0.4) is 0 Å². The Balaban J connectivity index is 3.38. The van der Waals surface area contributed by atoms with Gasteiger partial charge >= 0.3 is 0 Å². The van der Waals surface area contributed by atoms with Gasteiger partial charge in [-0.2, -0.15) is 0 Å². The average Bonchev–Trinajstić information content (AvgIpc) is 3.24. The third kappa shape index (κ3) is 48.3. The van der Waals surface area contributed by atoms with Crippen molar-refractivity contribution in [3.63, 3.8) is 0 Å². The van der Waals surface area contributed by atoms with Crippen LogP contribution in [0.1, 0.15) is 328 Å².